The number of aromatic nitrogens is 3. The van der Waals surface area contributed by atoms with E-state index in [-0.39, 0.29) is 30.1 Å². The standard InChI is InChI=1S/C29H31F3N6O3S/c30-29(31,32)19-4-1-3-18(15-19)26(40)35-17-24(39)38-14-8-21-22(38)7-13-37(21)20-5-9-28(41,10-6-20)27-36-16-23(42-27)25-33-11-2-12-34-25/h1-4,11-12,15-16,20-22,41H,5-10,13-14,17H2,(H,35,40)/t20?,21-,22-,28?/m1/s1. The summed E-state index contributed by atoms with van der Waals surface area (Å²) < 4.78 is 39.0. The number of halogens is 3. The lowest BCUT2D eigenvalue weighted by molar-refractivity contribution is -0.137. The summed E-state index contributed by atoms with van der Waals surface area (Å²) in [5.41, 5.74) is -2.03. The van der Waals surface area contributed by atoms with Crippen molar-refractivity contribution >= 4 is 23.2 Å². The molecule has 2 atom stereocenters. The number of carbonyl (C=O) groups excluding carboxylic acids is 2. The van der Waals surface area contributed by atoms with Gasteiger partial charge in [0.2, 0.25) is 5.91 Å². The zero-order valence-electron chi connectivity index (χ0n) is 22.8. The van der Waals surface area contributed by atoms with Gasteiger partial charge in [-0.2, -0.15) is 13.2 Å². The molecular formula is C29H31F3N6O3S. The van der Waals surface area contributed by atoms with Gasteiger partial charge in [-0.05, 0) is 62.8 Å². The van der Waals surface area contributed by atoms with Crippen molar-refractivity contribution in [3.63, 3.8) is 0 Å². The molecular weight excluding hydrogens is 569 g/mol. The third-order valence-electron chi connectivity index (χ3n) is 8.73. The van der Waals surface area contributed by atoms with Crippen molar-refractivity contribution in [3.05, 3.63) is 65.1 Å². The molecule has 9 nitrogen and oxygen atoms in total. The van der Waals surface area contributed by atoms with E-state index in [9.17, 15) is 27.9 Å². The fourth-order valence-electron chi connectivity index (χ4n) is 6.62. The van der Waals surface area contributed by atoms with Gasteiger partial charge in [0.1, 0.15) is 10.6 Å². The summed E-state index contributed by atoms with van der Waals surface area (Å²) in [7, 11) is 0. The van der Waals surface area contributed by atoms with Crippen LogP contribution in [0, 0.1) is 0 Å². The highest BCUT2D eigenvalue weighted by Crippen LogP contribution is 2.44. The Morgan fingerprint density at radius 3 is 2.50 bits per heavy atom. The molecule has 2 amide bonds. The first kappa shape index (κ1) is 28.7. The van der Waals surface area contributed by atoms with Gasteiger partial charge in [0.25, 0.3) is 5.91 Å². The molecule has 1 aromatic carbocycles. The number of thiazole rings is 1. The minimum absolute atomic E-state index is 0.0381. The predicted molar refractivity (Wildman–Crippen MR) is 148 cm³/mol. The predicted octanol–water partition coefficient (Wildman–Crippen LogP) is 3.85. The van der Waals surface area contributed by atoms with Crippen LogP contribution in [0.25, 0.3) is 10.7 Å². The molecule has 0 unspecified atom stereocenters. The zero-order valence-corrected chi connectivity index (χ0v) is 23.6. The van der Waals surface area contributed by atoms with Crippen molar-refractivity contribution in [3.8, 4) is 10.7 Å². The van der Waals surface area contributed by atoms with Gasteiger partial charge in [0.05, 0.1) is 17.0 Å². The van der Waals surface area contributed by atoms with Gasteiger partial charge < -0.3 is 15.3 Å². The smallest absolute Gasteiger partial charge is 0.383 e. The number of aliphatic hydroxyl groups is 1. The number of likely N-dealkylation sites (tertiary alicyclic amines) is 2. The van der Waals surface area contributed by atoms with Crippen LogP contribution in [0.3, 0.4) is 0 Å². The van der Waals surface area contributed by atoms with Crippen LogP contribution >= 0.6 is 11.3 Å². The van der Waals surface area contributed by atoms with Crippen LogP contribution in [-0.2, 0) is 16.6 Å². The number of hydrogen-bond donors (Lipinski definition) is 2. The molecule has 42 heavy (non-hydrogen) atoms. The van der Waals surface area contributed by atoms with Gasteiger partial charge in [0.15, 0.2) is 5.82 Å². The third kappa shape index (κ3) is 5.64. The van der Waals surface area contributed by atoms with Crippen LogP contribution in [0.5, 0.6) is 0 Å². The van der Waals surface area contributed by atoms with E-state index in [1.807, 2.05) is 0 Å². The van der Waals surface area contributed by atoms with Gasteiger partial charge in [-0.1, -0.05) is 6.07 Å². The molecule has 2 aromatic heterocycles. The first-order chi connectivity index (χ1) is 20.1. The van der Waals surface area contributed by atoms with Crippen molar-refractivity contribution in [1.29, 1.82) is 0 Å². The molecule has 2 saturated heterocycles. The maximum atomic E-state index is 13.0. The van der Waals surface area contributed by atoms with Gasteiger partial charge in [0, 0.05) is 55.4 Å². The maximum Gasteiger partial charge on any atom is 0.416 e. The molecule has 13 heteroatoms. The van der Waals surface area contributed by atoms with Crippen LogP contribution in [0.2, 0.25) is 0 Å². The van der Waals surface area contributed by atoms with Gasteiger partial charge in [-0.15, -0.1) is 11.3 Å². The van der Waals surface area contributed by atoms with Gasteiger partial charge in [-0.3, -0.25) is 14.5 Å². The molecule has 0 radical (unpaired) electrons. The summed E-state index contributed by atoms with van der Waals surface area (Å²) in [6, 6.07) is 6.47. The lowest BCUT2D eigenvalue weighted by Crippen LogP contribution is -2.47. The summed E-state index contributed by atoms with van der Waals surface area (Å²) in [4.78, 5) is 43.7. The molecule has 3 fully saturated rings. The molecule has 3 aliphatic rings. The minimum atomic E-state index is -4.55. The zero-order chi connectivity index (χ0) is 29.5. The van der Waals surface area contributed by atoms with Crippen LogP contribution in [0.4, 0.5) is 13.2 Å². The van der Waals surface area contributed by atoms with E-state index < -0.39 is 23.2 Å². The second-order valence-electron chi connectivity index (χ2n) is 11.2. The fourth-order valence-corrected chi connectivity index (χ4v) is 7.63. The van der Waals surface area contributed by atoms with Crippen LogP contribution in [-0.4, -0.2) is 79.4 Å². The summed E-state index contributed by atoms with van der Waals surface area (Å²) in [6.07, 6.45) is 5.00. The number of fused-ring (bicyclic) bond motifs is 1. The molecule has 1 aliphatic carbocycles. The highest BCUT2D eigenvalue weighted by molar-refractivity contribution is 7.15. The third-order valence-corrected chi connectivity index (χ3v) is 9.92. The molecule has 6 rings (SSSR count). The Balaban J connectivity index is 1.02. The second kappa shape index (κ2) is 11.3. The van der Waals surface area contributed by atoms with Crippen LogP contribution in [0.1, 0.15) is 59.5 Å². The SMILES string of the molecule is O=C(NCC(=O)N1CC[C@@H]2[C@H]1CCN2C1CCC(O)(c2ncc(-c3ncccn3)s2)CC1)c1cccc(C(F)(F)F)c1. The normalized spacial score (nSPS) is 26.3. The summed E-state index contributed by atoms with van der Waals surface area (Å²) >= 11 is 1.43. The summed E-state index contributed by atoms with van der Waals surface area (Å²) in [5, 5.41) is 14.6. The van der Waals surface area contributed by atoms with E-state index in [0.717, 1.165) is 49.2 Å². The monoisotopic (exact) mass is 600 g/mol. The van der Waals surface area contributed by atoms with Crippen molar-refractivity contribution < 1.29 is 27.9 Å². The largest absolute Gasteiger partial charge is 0.416 e. The second-order valence-corrected chi connectivity index (χ2v) is 12.2. The Labute approximate surface area is 244 Å². The lowest BCUT2D eigenvalue weighted by Gasteiger charge is -2.40. The Kier molecular flexibility index (Phi) is 7.75. The van der Waals surface area contributed by atoms with E-state index in [4.69, 9.17) is 0 Å². The Morgan fingerprint density at radius 2 is 1.76 bits per heavy atom. The molecule has 1 saturated carbocycles. The number of amides is 2. The number of nitrogens with zero attached hydrogens (tertiary/aromatic N) is 5. The van der Waals surface area contributed by atoms with Gasteiger partial charge in [-0.25, -0.2) is 15.0 Å². The highest BCUT2D eigenvalue weighted by atomic mass is 32.1. The van der Waals surface area contributed by atoms with E-state index in [1.165, 1.54) is 23.5 Å². The van der Waals surface area contributed by atoms with E-state index in [1.54, 1.807) is 29.6 Å². The average Bonchev–Trinajstić information content (AvgIpc) is 3.74. The first-order valence-corrected chi connectivity index (χ1v) is 14.9. The van der Waals surface area contributed by atoms with E-state index >= 15 is 0 Å². The van der Waals surface area contributed by atoms with Gasteiger partial charge >= 0.3 is 6.18 Å². The van der Waals surface area contributed by atoms with Crippen molar-refractivity contribution in [1.82, 2.24) is 30.1 Å². The summed E-state index contributed by atoms with van der Waals surface area (Å²) in [5.74, 6) is -0.349. The molecule has 0 bridgehead atoms. The van der Waals surface area contributed by atoms with E-state index in [0.29, 0.717) is 36.3 Å². The quantitative estimate of drug-likeness (QED) is 0.442. The average molecular weight is 601 g/mol. The molecule has 0 spiro atoms. The Hall–Kier alpha value is -3.42. The minimum Gasteiger partial charge on any atom is -0.383 e. The number of nitrogens with one attached hydrogen (secondary N) is 1. The Morgan fingerprint density at radius 1 is 1.02 bits per heavy atom. The number of alkyl halides is 3. The molecule has 2 aliphatic heterocycles. The Bertz CT molecular complexity index is 1440. The van der Waals surface area contributed by atoms with Crippen LogP contribution < -0.4 is 5.32 Å². The number of hydrogen-bond acceptors (Lipinski definition) is 8. The van der Waals surface area contributed by atoms with Crippen molar-refractivity contribution in [2.24, 2.45) is 0 Å². The number of rotatable bonds is 6. The first-order valence-electron chi connectivity index (χ1n) is 14.1. The molecule has 3 aromatic rings. The van der Waals surface area contributed by atoms with Crippen molar-refractivity contribution in [2.75, 3.05) is 19.6 Å². The van der Waals surface area contributed by atoms with E-state index in [2.05, 4.69) is 25.2 Å². The maximum absolute atomic E-state index is 13.0. The highest BCUT2D eigenvalue weighted by Gasteiger charge is 2.48. The number of benzene rings is 1. The lowest BCUT2D eigenvalue weighted by atomic mass is 9.81. The van der Waals surface area contributed by atoms with Crippen molar-refractivity contribution in [2.45, 2.75) is 68.4 Å². The topological polar surface area (TPSA) is 112 Å². The number of carbonyl (C=O) groups is 2. The molecule has 4 heterocycles. The molecule has 222 valence electrons. The van der Waals surface area contributed by atoms with Crippen LogP contribution in [0.15, 0.2) is 48.9 Å². The molecule has 2 N–H and O–H groups in total. The fraction of sp³-hybridized carbons (Fsp3) is 0.483. The summed E-state index contributed by atoms with van der Waals surface area (Å²) in [6.45, 7) is 1.16.